The van der Waals surface area contributed by atoms with Crippen LogP contribution in [-0.4, -0.2) is 308 Å². The Labute approximate surface area is 736 Å². The molecule has 5 aromatic rings. The summed E-state index contributed by atoms with van der Waals surface area (Å²) in [6, 6.07) is -1.69. The third-order valence-electron chi connectivity index (χ3n) is 22.6. The Balaban J connectivity index is 1.16. The first-order valence-corrected chi connectivity index (χ1v) is 44.1. The second-order valence-corrected chi connectivity index (χ2v) is 33.8. The zero-order valence-electron chi connectivity index (χ0n) is 71.7. The monoisotopic (exact) mass is 1790 g/mol. The van der Waals surface area contributed by atoms with Gasteiger partial charge in [0.2, 0.25) is 100 Å². The SMILES string of the molecule is CCCC[C@H]1C(=O)N(C)[C@@H](CCCC)C(=O)N[C@@H](CCCN)C(=O)N[C@H](C(=O)NCC(N)=O)CSCC(=O)N[C@@H](Cc2ccc(O)cc2)C(=O)N(C)[C@@H](C)C(=O)N[C@@H](CC(N)=O)C(=O)N2CCC[C@H]2C(=O)N[C@@H](CN)C(=O)N[C@@H](C)C(=O)N2C[C@H](O)C[C@H]2C(=O)N[C@@H](Cc2c[nH]c3ccccc23)C(=O)N[C@@H](CO)C(=O)N[C@@H](Cc2csc3ccccc23)C(=O)N1C. The number of para-hydroxylation sites is 1. The number of primary amides is 2. The lowest BCUT2D eigenvalue weighted by atomic mass is 10.00. The van der Waals surface area contributed by atoms with Crippen LogP contribution in [-0.2, 0) is 101 Å². The topological polar surface area (TPSA) is 607 Å². The molecule has 40 nitrogen and oxygen atoms in total. The Morgan fingerprint density at radius 2 is 1.13 bits per heavy atom. The van der Waals surface area contributed by atoms with E-state index in [4.69, 9.17) is 22.9 Å². The van der Waals surface area contributed by atoms with E-state index in [1.165, 1.54) is 75.5 Å². The molecule has 126 heavy (non-hydrogen) atoms. The summed E-state index contributed by atoms with van der Waals surface area (Å²) in [5.41, 5.74) is 25.2. The average molecular weight is 1790 g/mol. The predicted molar refractivity (Wildman–Crippen MR) is 465 cm³/mol. The molecule has 22 N–H and O–H groups in total. The van der Waals surface area contributed by atoms with Crippen LogP contribution >= 0.6 is 23.1 Å². The van der Waals surface area contributed by atoms with Crippen molar-refractivity contribution in [2.24, 2.45) is 22.9 Å². The summed E-state index contributed by atoms with van der Waals surface area (Å²) in [6.45, 7) is 3.29. The maximum Gasteiger partial charge on any atom is 0.246 e. The third kappa shape index (κ3) is 26.8. The van der Waals surface area contributed by atoms with Gasteiger partial charge in [0.1, 0.15) is 90.3 Å². The van der Waals surface area contributed by atoms with Gasteiger partial charge in [0.05, 0.1) is 31.4 Å². The van der Waals surface area contributed by atoms with Crippen molar-refractivity contribution in [1.29, 1.82) is 0 Å². The fourth-order valence-corrected chi connectivity index (χ4v) is 17.2. The Bertz CT molecular complexity index is 4740. The van der Waals surface area contributed by atoms with Crippen LogP contribution in [0.3, 0.4) is 0 Å². The zero-order valence-corrected chi connectivity index (χ0v) is 73.3. The number of rotatable bonds is 22. The van der Waals surface area contributed by atoms with Crippen LogP contribution in [0, 0.1) is 0 Å². The summed E-state index contributed by atoms with van der Waals surface area (Å²) < 4.78 is 0.820. The number of aromatic nitrogens is 1. The van der Waals surface area contributed by atoms with Gasteiger partial charge < -0.3 is 121 Å². The Morgan fingerprint density at radius 1 is 0.548 bits per heavy atom. The number of hydrogen-bond donors (Lipinski definition) is 18. The number of benzene rings is 3. The number of aliphatic hydroxyl groups excluding tert-OH is 2. The number of carbonyl (C=O) groups excluding carboxylic acids is 17. The molecule has 8 rings (SSSR count). The molecule has 686 valence electrons. The highest BCUT2D eigenvalue weighted by Crippen LogP contribution is 2.30. The summed E-state index contributed by atoms with van der Waals surface area (Å²) in [4.78, 5) is 254. The summed E-state index contributed by atoms with van der Waals surface area (Å²) >= 11 is 2.13. The molecule has 0 spiro atoms. The van der Waals surface area contributed by atoms with Gasteiger partial charge in [-0.05, 0) is 111 Å². The molecule has 0 unspecified atom stereocenters. The first kappa shape index (κ1) is 99.6. The highest BCUT2D eigenvalue weighted by molar-refractivity contribution is 8.00. The minimum absolute atomic E-state index is 0.00654. The molecule has 3 aliphatic rings. The van der Waals surface area contributed by atoms with Crippen molar-refractivity contribution in [2.45, 2.75) is 215 Å². The van der Waals surface area contributed by atoms with Crippen molar-refractivity contribution in [3.63, 3.8) is 0 Å². The summed E-state index contributed by atoms with van der Waals surface area (Å²) in [5, 5.41) is 61.4. The number of nitrogens with two attached hydrogens (primary N) is 4. The summed E-state index contributed by atoms with van der Waals surface area (Å²) in [6.07, 6.45) is 0.223. The maximum atomic E-state index is 15.6. The van der Waals surface area contributed by atoms with Gasteiger partial charge in [-0.3, -0.25) is 81.5 Å². The standard InChI is InChI=1S/C84H118N20O20S2/c1-8-10-22-63-77(117)93-55(21-16-30-85)73(113)99-62(72(112)90-39-69(88)109)43-125-44-70(110)92-57(32-47-26-28-50(106)29-27-47)81(121)100(5)46(4)71(111)95-59(36-68(87)108)83(123)103-31-17-24-64(103)78(118)97-60(37-86)75(115)91-45(3)80(120)104-40-51(107)35-66(104)79(119)94-56(33-48-38-89-54-20-14-12-18-52(48)54)74(114)98-61(41-105)76(116)96-58(34-49-42-126-67-25-15-13-19-53(49)67)82(122)102(7)65(23-11-9-2)84(124)101(63)6/h12-15,18-20,25-29,38,42,45-46,51,55-66,89,105-107H,8-11,16-17,21-24,30-37,39-41,43-44,85-86H2,1-7H3,(H2,87,108)(H2,88,109)(H,90,112)(H,91,115)(H,92,110)(H,93,117)(H,94,119)(H,95,111)(H,96,116)(H,97,118)(H,98,114)(H,99,113)/t45-,46-,51+,55-,56-,57-,58-,59-,60-,61-,62-,63-,64-,65-,66-/m0/s1. The molecule has 42 heteroatoms. The van der Waals surface area contributed by atoms with E-state index in [-0.39, 0.29) is 83.0 Å². The van der Waals surface area contributed by atoms with Crippen molar-refractivity contribution in [3.8, 4) is 5.75 Å². The van der Waals surface area contributed by atoms with E-state index in [9.17, 15) is 72.9 Å². The minimum atomic E-state index is -1.86. The largest absolute Gasteiger partial charge is 0.508 e. The number of nitrogens with one attached hydrogen (secondary N) is 11. The number of thiophene rings is 1. The van der Waals surface area contributed by atoms with E-state index >= 15 is 24.0 Å². The van der Waals surface area contributed by atoms with Crippen LogP contribution in [0.4, 0.5) is 0 Å². The lowest BCUT2D eigenvalue weighted by Gasteiger charge is -2.36. The second-order valence-electron chi connectivity index (χ2n) is 31.8. The van der Waals surface area contributed by atoms with Gasteiger partial charge in [0.25, 0.3) is 0 Å². The van der Waals surface area contributed by atoms with Gasteiger partial charge in [-0.1, -0.05) is 88.1 Å². The minimum Gasteiger partial charge on any atom is -0.508 e. The molecule has 2 aromatic heterocycles. The van der Waals surface area contributed by atoms with Gasteiger partial charge in [-0.15, -0.1) is 23.1 Å². The average Bonchev–Trinajstić information content (AvgIpc) is 1.55. The van der Waals surface area contributed by atoms with Gasteiger partial charge in [0.15, 0.2) is 0 Å². The number of amides is 17. The number of hydrogen-bond acceptors (Lipinski definition) is 24. The molecule has 3 saturated heterocycles. The molecular weight excluding hydrogens is 1670 g/mol. The van der Waals surface area contributed by atoms with E-state index in [1.807, 2.05) is 32.0 Å². The number of H-pyrrole nitrogens is 1. The molecule has 15 atom stereocenters. The van der Waals surface area contributed by atoms with E-state index in [0.717, 1.165) is 41.4 Å². The van der Waals surface area contributed by atoms with Gasteiger partial charge in [-0.25, -0.2) is 0 Å². The van der Waals surface area contributed by atoms with E-state index in [1.54, 1.807) is 41.9 Å². The summed E-state index contributed by atoms with van der Waals surface area (Å²) in [7, 11) is 3.93. The first-order chi connectivity index (χ1) is 60.0. The number of phenols is 1. The smallest absolute Gasteiger partial charge is 0.246 e. The number of carbonyl (C=O) groups is 17. The highest BCUT2D eigenvalue weighted by atomic mass is 32.2. The molecule has 17 amide bonds. The van der Waals surface area contributed by atoms with Gasteiger partial charge in [0, 0.05) is 94.0 Å². The lowest BCUT2D eigenvalue weighted by Crippen LogP contribution is -2.62. The van der Waals surface area contributed by atoms with Crippen molar-refractivity contribution in [2.75, 3.05) is 72.0 Å². The summed E-state index contributed by atoms with van der Waals surface area (Å²) in [5.74, 6) is -17.1. The van der Waals surface area contributed by atoms with Crippen LogP contribution in [0.1, 0.15) is 121 Å². The van der Waals surface area contributed by atoms with Crippen LogP contribution < -0.4 is 76.1 Å². The number of aliphatic hydroxyl groups is 2. The molecule has 3 aromatic carbocycles. The van der Waals surface area contributed by atoms with Gasteiger partial charge >= 0.3 is 0 Å². The van der Waals surface area contributed by atoms with Crippen molar-refractivity contribution in [1.82, 2.24) is 82.7 Å². The van der Waals surface area contributed by atoms with Crippen molar-refractivity contribution in [3.05, 3.63) is 101 Å². The number of unbranched alkanes of at least 4 members (excludes halogenated alkanes) is 2. The van der Waals surface area contributed by atoms with E-state index in [2.05, 4.69) is 58.2 Å². The quantitative estimate of drug-likeness (QED) is 0.0316. The van der Waals surface area contributed by atoms with Gasteiger partial charge in [-0.2, -0.15) is 0 Å². The normalized spacial score (nSPS) is 25.7. The molecule has 0 aliphatic carbocycles. The van der Waals surface area contributed by atoms with E-state index in [0.29, 0.717) is 53.3 Å². The molecule has 0 saturated carbocycles. The predicted octanol–water partition coefficient (Wildman–Crippen LogP) is -3.75. The molecule has 0 radical (unpaired) electrons. The third-order valence-corrected chi connectivity index (χ3v) is 24.6. The van der Waals surface area contributed by atoms with Crippen LogP contribution in [0.5, 0.6) is 5.75 Å². The van der Waals surface area contributed by atoms with Crippen LogP contribution in [0.2, 0.25) is 0 Å². The molecule has 3 fully saturated rings. The molecule has 0 bridgehead atoms. The lowest BCUT2D eigenvalue weighted by molar-refractivity contribution is -0.149. The van der Waals surface area contributed by atoms with E-state index < -0.39 is 235 Å². The van der Waals surface area contributed by atoms with Crippen molar-refractivity contribution < 1.29 is 96.8 Å². The first-order valence-electron chi connectivity index (χ1n) is 42.1. The van der Waals surface area contributed by atoms with Crippen LogP contribution in [0.25, 0.3) is 21.0 Å². The fraction of sp³-hybridized carbons (Fsp3) is 0.536. The number of likely N-dealkylation sites (N-methyl/N-ethyl adjacent to an activating group) is 3. The zero-order chi connectivity index (χ0) is 92.3. The number of aromatic amines is 1. The number of aromatic hydroxyl groups is 1. The Hall–Kier alpha value is -11.9. The van der Waals surface area contributed by atoms with Crippen molar-refractivity contribution >= 4 is 145 Å². The van der Waals surface area contributed by atoms with Crippen LogP contribution in [0.15, 0.2) is 84.4 Å². The fourth-order valence-electron chi connectivity index (χ4n) is 15.3. The molecule has 5 heterocycles. The number of phenolic OH excluding ortho intramolecular Hbond substituents is 1. The number of nitrogens with zero attached hydrogens (tertiary/aromatic N) is 5. The molecular formula is C84H118N20O20S2. The number of fused-ring (bicyclic) bond motifs is 4. The highest BCUT2D eigenvalue weighted by Gasteiger charge is 2.46. The Kier molecular flexibility index (Phi) is 37.5. The maximum absolute atomic E-state index is 15.6. The molecule has 3 aliphatic heterocycles. The second kappa shape index (κ2) is 47.5. The number of thioether (sulfide) groups is 1. The Morgan fingerprint density at radius 3 is 1.79 bits per heavy atom.